The topological polar surface area (TPSA) is 43.4 Å². The minimum atomic E-state index is -0.454. The number of benzene rings is 2. The molecule has 0 aliphatic rings. The molecule has 1 unspecified atom stereocenters. The summed E-state index contributed by atoms with van der Waals surface area (Å²) in [5.41, 5.74) is 3.50. The monoisotopic (exact) mass is 282 g/mol. The van der Waals surface area contributed by atoms with Gasteiger partial charge in [0.25, 0.3) is 0 Å². The molecule has 0 fully saturated rings. The van der Waals surface area contributed by atoms with Crippen LogP contribution >= 0.6 is 0 Å². The number of hydrogen-bond donors (Lipinski definition) is 0. The van der Waals surface area contributed by atoms with Gasteiger partial charge in [-0.05, 0) is 30.5 Å². The van der Waals surface area contributed by atoms with Gasteiger partial charge in [-0.1, -0.05) is 48.5 Å². The predicted octanol–water partition coefficient (Wildman–Crippen LogP) is 3.85. The average Bonchev–Trinajstić information content (AvgIpc) is 2.45. The molecule has 0 saturated heterocycles. The second kappa shape index (κ2) is 6.35. The van der Waals surface area contributed by atoms with E-state index in [0.29, 0.717) is 5.56 Å². The molecule has 21 heavy (non-hydrogen) atoms. The Bertz CT molecular complexity index is 656. The van der Waals surface area contributed by atoms with E-state index in [0.717, 1.165) is 16.7 Å². The molecule has 3 nitrogen and oxygen atoms in total. The van der Waals surface area contributed by atoms with Crippen LogP contribution in [0, 0.1) is 6.92 Å². The zero-order valence-electron chi connectivity index (χ0n) is 12.4. The molecular formula is C18H18O3. The molecule has 0 amide bonds. The van der Waals surface area contributed by atoms with E-state index in [9.17, 15) is 9.59 Å². The first kappa shape index (κ1) is 15.0. The molecule has 108 valence electrons. The summed E-state index contributed by atoms with van der Waals surface area (Å²) in [6, 6.07) is 15.0. The van der Waals surface area contributed by atoms with E-state index in [1.54, 1.807) is 12.1 Å². The van der Waals surface area contributed by atoms with Crippen molar-refractivity contribution in [1.82, 2.24) is 0 Å². The Morgan fingerprint density at radius 3 is 2.10 bits per heavy atom. The second-order valence-electron chi connectivity index (χ2n) is 5.02. The van der Waals surface area contributed by atoms with Gasteiger partial charge in [0, 0.05) is 12.5 Å². The van der Waals surface area contributed by atoms with Gasteiger partial charge in [-0.2, -0.15) is 0 Å². The zero-order valence-corrected chi connectivity index (χ0v) is 12.4. The number of carbonyl (C=O) groups is 2. The number of Topliss-reactive ketones (excluding diaryl/α,β-unsaturated/α-hetero) is 1. The number of hydrogen-bond acceptors (Lipinski definition) is 3. The van der Waals surface area contributed by atoms with E-state index in [2.05, 4.69) is 0 Å². The number of esters is 1. The molecule has 0 saturated carbocycles. The van der Waals surface area contributed by atoms with Gasteiger partial charge >= 0.3 is 5.97 Å². The van der Waals surface area contributed by atoms with Gasteiger partial charge in [0.1, 0.15) is 0 Å². The van der Waals surface area contributed by atoms with E-state index >= 15 is 0 Å². The largest absolute Gasteiger partial charge is 0.453 e. The first-order valence-electron chi connectivity index (χ1n) is 6.82. The Hall–Kier alpha value is -2.42. The van der Waals surface area contributed by atoms with Crippen molar-refractivity contribution in [2.24, 2.45) is 0 Å². The van der Waals surface area contributed by atoms with Crippen LogP contribution in [0.5, 0.6) is 0 Å². The third kappa shape index (κ3) is 3.57. The molecule has 0 heterocycles. The normalized spacial score (nSPS) is 11.8. The van der Waals surface area contributed by atoms with Gasteiger partial charge < -0.3 is 4.74 Å². The van der Waals surface area contributed by atoms with Gasteiger partial charge in [-0.3, -0.25) is 9.59 Å². The molecular weight excluding hydrogens is 264 g/mol. The van der Waals surface area contributed by atoms with E-state index < -0.39 is 6.10 Å². The van der Waals surface area contributed by atoms with Crippen molar-refractivity contribution < 1.29 is 14.3 Å². The van der Waals surface area contributed by atoms with Gasteiger partial charge in [-0.15, -0.1) is 0 Å². The van der Waals surface area contributed by atoms with Crippen LogP contribution in [0.25, 0.3) is 0 Å². The van der Waals surface area contributed by atoms with E-state index in [1.165, 1.54) is 13.8 Å². The molecule has 0 aromatic heterocycles. The standard InChI is InChI=1S/C18H18O3/c1-12-6-4-5-7-17(12)18(21-14(3)20)16-10-8-15(9-11-16)13(2)19/h4-11,18H,1-3H3. The van der Waals surface area contributed by atoms with Gasteiger partial charge in [-0.25, -0.2) is 0 Å². The summed E-state index contributed by atoms with van der Waals surface area (Å²) in [4.78, 5) is 22.8. The van der Waals surface area contributed by atoms with Gasteiger partial charge in [0.2, 0.25) is 0 Å². The van der Waals surface area contributed by atoms with Gasteiger partial charge in [0.15, 0.2) is 11.9 Å². The summed E-state index contributed by atoms with van der Waals surface area (Å²) in [6.07, 6.45) is -0.454. The van der Waals surface area contributed by atoms with Crippen molar-refractivity contribution in [3.05, 3.63) is 70.8 Å². The highest BCUT2D eigenvalue weighted by molar-refractivity contribution is 5.94. The van der Waals surface area contributed by atoms with Gasteiger partial charge in [0.05, 0.1) is 0 Å². The van der Waals surface area contributed by atoms with E-state index in [4.69, 9.17) is 4.74 Å². The Morgan fingerprint density at radius 2 is 1.57 bits per heavy atom. The van der Waals surface area contributed by atoms with Crippen molar-refractivity contribution in [2.75, 3.05) is 0 Å². The highest BCUT2D eigenvalue weighted by Crippen LogP contribution is 2.28. The molecule has 0 aliphatic heterocycles. The number of ether oxygens (including phenoxy) is 1. The molecule has 0 aliphatic carbocycles. The summed E-state index contributed by atoms with van der Waals surface area (Å²) < 4.78 is 5.48. The molecule has 0 spiro atoms. The fourth-order valence-corrected chi connectivity index (χ4v) is 2.25. The number of aryl methyl sites for hydroxylation is 1. The lowest BCUT2D eigenvalue weighted by Gasteiger charge is -2.20. The van der Waals surface area contributed by atoms with Crippen molar-refractivity contribution >= 4 is 11.8 Å². The lowest BCUT2D eigenvalue weighted by molar-refractivity contribution is -0.144. The fraction of sp³-hybridized carbons (Fsp3) is 0.222. The number of carbonyl (C=O) groups excluding carboxylic acids is 2. The first-order valence-corrected chi connectivity index (χ1v) is 6.82. The number of rotatable bonds is 4. The summed E-state index contributed by atoms with van der Waals surface area (Å²) in [7, 11) is 0. The van der Waals surface area contributed by atoms with Crippen LogP contribution in [0.1, 0.15) is 47.0 Å². The maximum absolute atomic E-state index is 11.4. The predicted molar refractivity (Wildman–Crippen MR) is 81.2 cm³/mol. The fourth-order valence-electron chi connectivity index (χ4n) is 2.25. The van der Waals surface area contributed by atoms with Crippen LogP contribution in [0.15, 0.2) is 48.5 Å². The molecule has 2 aromatic rings. The molecule has 0 radical (unpaired) electrons. The first-order chi connectivity index (χ1) is 9.99. The molecule has 0 bridgehead atoms. The van der Waals surface area contributed by atoms with E-state index in [1.807, 2.05) is 43.3 Å². The van der Waals surface area contributed by atoms with Crippen molar-refractivity contribution in [3.8, 4) is 0 Å². The van der Waals surface area contributed by atoms with Crippen LogP contribution in [0.3, 0.4) is 0 Å². The SMILES string of the molecule is CC(=O)OC(c1ccc(C(C)=O)cc1)c1ccccc1C. The highest BCUT2D eigenvalue weighted by Gasteiger charge is 2.19. The van der Waals surface area contributed by atoms with Crippen molar-refractivity contribution in [3.63, 3.8) is 0 Å². The summed E-state index contributed by atoms with van der Waals surface area (Å²) in [5.74, 6) is -0.319. The van der Waals surface area contributed by atoms with Crippen LogP contribution in [-0.2, 0) is 9.53 Å². The average molecular weight is 282 g/mol. The summed E-state index contributed by atoms with van der Waals surface area (Å²) >= 11 is 0. The lowest BCUT2D eigenvalue weighted by atomic mass is 9.96. The minimum Gasteiger partial charge on any atom is -0.453 e. The Balaban J connectivity index is 2.43. The Morgan fingerprint density at radius 1 is 0.952 bits per heavy atom. The summed E-state index contributed by atoms with van der Waals surface area (Å²) in [6.45, 7) is 4.91. The molecule has 3 heteroatoms. The van der Waals surface area contributed by atoms with Crippen LogP contribution in [0.4, 0.5) is 0 Å². The van der Waals surface area contributed by atoms with Crippen LogP contribution in [0.2, 0.25) is 0 Å². The maximum Gasteiger partial charge on any atom is 0.303 e. The zero-order chi connectivity index (χ0) is 15.4. The quantitative estimate of drug-likeness (QED) is 0.632. The minimum absolute atomic E-state index is 0.0153. The van der Waals surface area contributed by atoms with Crippen molar-refractivity contribution in [2.45, 2.75) is 26.9 Å². The third-order valence-electron chi connectivity index (χ3n) is 3.37. The maximum atomic E-state index is 11.4. The van der Waals surface area contributed by atoms with Crippen LogP contribution < -0.4 is 0 Å². The second-order valence-corrected chi connectivity index (χ2v) is 5.02. The van der Waals surface area contributed by atoms with Crippen molar-refractivity contribution in [1.29, 1.82) is 0 Å². The Labute approximate surface area is 124 Å². The molecule has 0 N–H and O–H groups in total. The lowest BCUT2D eigenvalue weighted by Crippen LogP contribution is -2.11. The smallest absolute Gasteiger partial charge is 0.303 e. The molecule has 2 aromatic carbocycles. The number of ketones is 1. The molecule has 1 atom stereocenters. The van der Waals surface area contributed by atoms with E-state index in [-0.39, 0.29) is 11.8 Å². The summed E-state index contributed by atoms with van der Waals surface area (Å²) in [5, 5.41) is 0. The third-order valence-corrected chi connectivity index (χ3v) is 3.37. The Kier molecular flexibility index (Phi) is 4.53. The highest BCUT2D eigenvalue weighted by atomic mass is 16.5. The molecule has 2 rings (SSSR count). The van der Waals surface area contributed by atoms with Crippen LogP contribution in [-0.4, -0.2) is 11.8 Å².